The second-order valence-electron chi connectivity index (χ2n) is 5.03. The van der Waals surface area contributed by atoms with Crippen molar-refractivity contribution in [2.75, 3.05) is 0 Å². The number of aromatic nitrogens is 4. The fourth-order valence-electron chi connectivity index (χ4n) is 2.03. The Morgan fingerprint density at radius 3 is 2.83 bits per heavy atom. The molecule has 0 aliphatic rings. The van der Waals surface area contributed by atoms with Gasteiger partial charge in [-0.15, -0.1) is 16.4 Å². The molecule has 0 saturated heterocycles. The largest absolute Gasteiger partial charge is 0.489 e. The lowest BCUT2D eigenvalue weighted by atomic mass is 10.2. The topological polar surface area (TPSA) is 90.1 Å². The average molecular weight is 330 g/mol. The third-order valence-corrected chi connectivity index (χ3v) is 3.99. The van der Waals surface area contributed by atoms with Gasteiger partial charge in [0.1, 0.15) is 21.3 Å². The van der Waals surface area contributed by atoms with Crippen molar-refractivity contribution in [3.63, 3.8) is 0 Å². The molecule has 8 heteroatoms. The molecule has 0 aliphatic carbocycles. The van der Waals surface area contributed by atoms with Crippen molar-refractivity contribution in [2.24, 2.45) is 0 Å². The first-order valence-corrected chi connectivity index (χ1v) is 7.73. The molecule has 0 fully saturated rings. The molecule has 0 spiro atoms. The summed E-state index contributed by atoms with van der Waals surface area (Å²) in [5, 5.41) is 17.5. The van der Waals surface area contributed by atoms with Crippen LogP contribution in [0.4, 0.5) is 0 Å². The maximum absolute atomic E-state index is 11.0. The number of benzene rings is 1. The number of carbonyl (C=O) groups is 1. The van der Waals surface area contributed by atoms with Crippen LogP contribution in [0.3, 0.4) is 0 Å². The van der Waals surface area contributed by atoms with Crippen LogP contribution in [0.5, 0.6) is 5.75 Å². The number of ether oxygens (including phenoxy) is 1. The Morgan fingerprint density at radius 2 is 2.22 bits per heavy atom. The minimum Gasteiger partial charge on any atom is -0.489 e. The van der Waals surface area contributed by atoms with Crippen molar-refractivity contribution in [1.29, 1.82) is 0 Å². The van der Waals surface area contributed by atoms with Gasteiger partial charge in [0.2, 0.25) is 0 Å². The van der Waals surface area contributed by atoms with Gasteiger partial charge in [-0.05, 0) is 32.0 Å². The average Bonchev–Trinajstić information content (AvgIpc) is 3.19. The van der Waals surface area contributed by atoms with E-state index in [4.69, 9.17) is 9.84 Å². The van der Waals surface area contributed by atoms with Crippen molar-refractivity contribution in [3.8, 4) is 22.0 Å². The highest BCUT2D eigenvalue weighted by Gasteiger charge is 2.14. The van der Waals surface area contributed by atoms with Crippen molar-refractivity contribution >= 4 is 17.3 Å². The summed E-state index contributed by atoms with van der Waals surface area (Å²) in [5.74, 6) is -0.311. The minimum atomic E-state index is -0.981. The number of hydrogen-bond acceptors (Lipinski definition) is 6. The van der Waals surface area contributed by atoms with E-state index in [1.54, 1.807) is 17.1 Å². The SMILES string of the molecule is CC(C)Oc1ccc(-c2ncc(C(=O)O)s2)cc1-n1ccnn1. The molecule has 1 aromatic carbocycles. The molecule has 23 heavy (non-hydrogen) atoms. The van der Waals surface area contributed by atoms with Crippen molar-refractivity contribution in [3.05, 3.63) is 41.7 Å². The van der Waals surface area contributed by atoms with Gasteiger partial charge in [-0.25, -0.2) is 14.5 Å². The van der Waals surface area contributed by atoms with Crippen molar-refractivity contribution in [2.45, 2.75) is 20.0 Å². The molecule has 0 radical (unpaired) electrons. The molecule has 3 aromatic rings. The molecule has 0 unspecified atom stereocenters. The molecule has 0 atom stereocenters. The van der Waals surface area contributed by atoms with Gasteiger partial charge in [-0.2, -0.15) is 0 Å². The van der Waals surface area contributed by atoms with E-state index < -0.39 is 5.97 Å². The van der Waals surface area contributed by atoms with E-state index in [1.807, 2.05) is 32.0 Å². The Bertz CT molecular complexity index is 827. The number of carboxylic acids is 1. The van der Waals surface area contributed by atoms with Gasteiger partial charge in [0.25, 0.3) is 0 Å². The second kappa shape index (κ2) is 6.17. The molecule has 7 nitrogen and oxygen atoms in total. The fraction of sp³-hybridized carbons (Fsp3) is 0.200. The third-order valence-electron chi connectivity index (χ3n) is 2.95. The summed E-state index contributed by atoms with van der Waals surface area (Å²) >= 11 is 1.12. The van der Waals surface area contributed by atoms with Gasteiger partial charge in [-0.3, -0.25) is 0 Å². The van der Waals surface area contributed by atoms with E-state index >= 15 is 0 Å². The van der Waals surface area contributed by atoms with Crippen LogP contribution in [0.25, 0.3) is 16.3 Å². The highest BCUT2D eigenvalue weighted by atomic mass is 32.1. The summed E-state index contributed by atoms with van der Waals surface area (Å²) < 4.78 is 7.41. The van der Waals surface area contributed by atoms with Gasteiger partial charge >= 0.3 is 5.97 Å². The number of thiazole rings is 1. The maximum atomic E-state index is 11.0. The number of nitrogens with zero attached hydrogens (tertiary/aromatic N) is 4. The van der Waals surface area contributed by atoms with E-state index in [0.29, 0.717) is 10.8 Å². The second-order valence-corrected chi connectivity index (χ2v) is 6.06. The lowest BCUT2D eigenvalue weighted by Crippen LogP contribution is -2.09. The lowest BCUT2D eigenvalue weighted by molar-refractivity contribution is 0.0702. The lowest BCUT2D eigenvalue weighted by Gasteiger charge is -2.14. The Labute approximate surface area is 136 Å². The van der Waals surface area contributed by atoms with Crippen molar-refractivity contribution < 1.29 is 14.6 Å². The fourth-order valence-corrected chi connectivity index (χ4v) is 2.78. The Balaban J connectivity index is 2.05. The van der Waals surface area contributed by atoms with Crippen LogP contribution in [-0.2, 0) is 0 Å². The molecule has 0 saturated carbocycles. The van der Waals surface area contributed by atoms with Gasteiger partial charge in [0.05, 0.1) is 24.7 Å². The molecule has 1 N–H and O–H groups in total. The summed E-state index contributed by atoms with van der Waals surface area (Å²) in [6.07, 6.45) is 4.67. The molecular formula is C15H14N4O3S. The van der Waals surface area contributed by atoms with Crippen LogP contribution in [0.1, 0.15) is 23.5 Å². The molecular weight excluding hydrogens is 316 g/mol. The first-order chi connectivity index (χ1) is 11.0. The monoisotopic (exact) mass is 330 g/mol. The van der Waals surface area contributed by atoms with Gasteiger partial charge in [-0.1, -0.05) is 5.21 Å². The summed E-state index contributed by atoms with van der Waals surface area (Å²) in [6.45, 7) is 3.89. The number of carboxylic acid groups (broad SMARTS) is 1. The highest BCUT2D eigenvalue weighted by molar-refractivity contribution is 7.16. The minimum absolute atomic E-state index is 0.0154. The summed E-state index contributed by atoms with van der Waals surface area (Å²) in [5.41, 5.74) is 1.52. The van der Waals surface area contributed by atoms with Gasteiger partial charge in [0.15, 0.2) is 0 Å². The molecule has 118 valence electrons. The van der Waals surface area contributed by atoms with Crippen LogP contribution in [-0.4, -0.2) is 37.2 Å². The van der Waals surface area contributed by atoms with Crippen LogP contribution < -0.4 is 4.74 Å². The normalized spacial score (nSPS) is 10.9. The Morgan fingerprint density at radius 1 is 1.39 bits per heavy atom. The zero-order valence-electron chi connectivity index (χ0n) is 12.5. The van der Waals surface area contributed by atoms with Crippen LogP contribution >= 0.6 is 11.3 Å². The molecule has 0 amide bonds. The van der Waals surface area contributed by atoms with Crippen LogP contribution in [0.15, 0.2) is 36.8 Å². The van der Waals surface area contributed by atoms with Crippen molar-refractivity contribution in [1.82, 2.24) is 20.0 Å². The maximum Gasteiger partial charge on any atom is 0.347 e. The zero-order chi connectivity index (χ0) is 16.4. The summed E-state index contributed by atoms with van der Waals surface area (Å²) in [7, 11) is 0. The van der Waals surface area contributed by atoms with Crippen LogP contribution in [0, 0.1) is 0 Å². The predicted octanol–water partition coefficient (Wildman–Crippen LogP) is 2.88. The Kier molecular flexibility index (Phi) is 4.07. The Hall–Kier alpha value is -2.74. The molecule has 0 aliphatic heterocycles. The smallest absolute Gasteiger partial charge is 0.347 e. The quantitative estimate of drug-likeness (QED) is 0.773. The van der Waals surface area contributed by atoms with E-state index in [2.05, 4.69) is 15.3 Å². The number of aromatic carboxylic acids is 1. The third kappa shape index (κ3) is 3.21. The zero-order valence-corrected chi connectivity index (χ0v) is 13.3. The van der Waals surface area contributed by atoms with E-state index in [1.165, 1.54) is 6.20 Å². The number of hydrogen-bond donors (Lipinski definition) is 1. The first kappa shape index (κ1) is 15.2. The highest BCUT2D eigenvalue weighted by Crippen LogP contribution is 2.32. The van der Waals surface area contributed by atoms with Crippen LogP contribution in [0.2, 0.25) is 0 Å². The molecule has 2 aromatic heterocycles. The standard InChI is InChI=1S/C15H14N4O3S/c1-9(2)22-12-4-3-10(7-11(12)19-6-5-17-18-19)14-16-8-13(23-14)15(20)21/h3-9H,1-2H3,(H,20,21). The van der Waals surface area contributed by atoms with E-state index in [-0.39, 0.29) is 11.0 Å². The van der Waals surface area contributed by atoms with Gasteiger partial charge in [0, 0.05) is 5.56 Å². The van der Waals surface area contributed by atoms with E-state index in [9.17, 15) is 4.79 Å². The predicted molar refractivity (Wildman–Crippen MR) is 85.2 cm³/mol. The number of rotatable bonds is 5. The first-order valence-electron chi connectivity index (χ1n) is 6.91. The summed E-state index contributed by atoms with van der Waals surface area (Å²) in [4.78, 5) is 15.4. The van der Waals surface area contributed by atoms with Gasteiger partial charge < -0.3 is 9.84 Å². The molecule has 3 rings (SSSR count). The summed E-state index contributed by atoms with van der Waals surface area (Å²) in [6, 6.07) is 5.54. The molecule has 2 heterocycles. The van der Waals surface area contributed by atoms with E-state index in [0.717, 1.165) is 22.6 Å². The molecule has 0 bridgehead atoms.